The van der Waals surface area contributed by atoms with Gasteiger partial charge in [0.25, 0.3) is 10.0 Å². The Kier molecular flexibility index (Phi) is 8.12. The van der Waals surface area contributed by atoms with Crippen LogP contribution in [0.15, 0.2) is 77.7 Å². The summed E-state index contributed by atoms with van der Waals surface area (Å²) in [6, 6.07) is 21.4. The molecule has 0 bridgehead atoms. The molecule has 190 valence electrons. The highest BCUT2D eigenvalue weighted by molar-refractivity contribution is 7.93. The van der Waals surface area contributed by atoms with E-state index < -0.39 is 10.0 Å². The van der Waals surface area contributed by atoms with Crippen molar-refractivity contribution in [2.75, 3.05) is 48.4 Å². The molecule has 0 spiro atoms. The molecule has 0 aliphatic carbocycles. The first-order chi connectivity index (χ1) is 17.4. The molecule has 4 rings (SSSR count). The number of amides is 1. The van der Waals surface area contributed by atoms with Crippen molar-refractivity contribution in [2.24, 2.45) is 0 Å². The third kappa shape index (κ3) is 5.80. The standard InChI is InChI=1S/C27H31N3O5S/c1-3-22(20-9-5-4-6-10-20)27(31)28-21-13-14-24(30-15-17-35-18-16-30)26(19-21)36(32,33)29-23-11-7-8-12-25(23)34-2/h4-14,19,22,29H,3,15-18H2,1-2H3,(H,28,31)/t22-/m1/s1. The van der Waals surface area contributed by atoms with E-state index in [4.69, 9.17) is 9.47 Å². The number of sulfonamides is 1. The summed E-state index contributed by atoms with van der Waals surface area (Å²) in [5, 5.41) is 2.92. The predicted molar refractivity (Wildman–Crippen MR) is 141 cm³/mol. The maximum Gasteiger partial charge on any atom is 0.264 e. The molecule has 1 amide bonds. The van der Waals surface area contributed by atoms with E-state index in [1.807, 2.05) is 42.2 Å². The smallest absolute Gasteiger partial charge is 0.264 e. The number of para-hydroxylation sites is 2. The summed E-state index contributed by atoms with van der Waals surface area (Å²) in [7, 11) is -2.54. The van der Waals surface area contributed by atoms with Crippen LogP contribution >= 0.6 is 0 Å². The van der Waals surface area contributed by atoms with Crippen LogP contribution in [0.3, 0.4) is 0 Å². The molecule has 1 fully saturated rings. The van der Waals surface area contributed by atoms with Gasteiger partial charge in [-0.05, 0) is 42.3 Å². The first-order valence-corrected chi connectivity index (χ1v) is 13.4. The van der Waals surface area contributed by atoms with Crippen LogP contribution in [0, 0.1) is 0 Å². The fourth-order valence-electron chi connectivity index (χ4n) is 4.29. The second-order valence-corrected chi connectivity index (χ2v) is 10.1. The molecule has 8 nitrogen and oxygen atoms in total. The van der Waals surface area contributed by atoms with Crippen LogP contribution in [0.5, 0.6) is 5.75 Å². The average Bonchev–Trinajstić information content (AvgIpc) is 2.90. The van der Waals surface area contributed by atoms with Crippen LogP contribution in [0.1, 0.15) is 24.8 Å². The molecule has 0 unspecified atom stereocenters. The third-order valence-corrected chi connectivity index (χ3v) is 7.54. The van der Waals surface area contributed by atoms with Gasteiger partial charge in [0.2, 0.25) is 5.91 Å². The summed E-state index contributed by atoms with van der Waals surface area (Å²) in [5.41, 5.74) is 2.20. The average molecular weight is 510 g/mol. The zero-order chi connectivity index (χ0) is 25.5. The zero-order valence-corrected chi connectivity index (χ0v) is 21.3. The Morgan fingerprint density at radius 1 is 1.03 bits per heavy atom. The normalized spacial score (nSPS) is 14.7. The number of benzene rings is 3. The van der Waals surface area contributed by atoms with Gasteiger partial charge in [0.1, 0.15) is 10.6 Å². The van der Waals surface area contributed by atoms with Gasteiger partial charge in [-0.1, -0.05) is 49.4 Å². The number of morpholine rings is 1. The molecular formula is C27H31N3O5S. The highest BCUT2D eigenvalue weighted by atomic mass is 32.2. The fourth-order valence-corrected chi connectivity index (χ4v) is 5.61. The van der Waals surface area contributed by atoms with Gasteiger partial charge in [0.05, 0.1) is 37.6 Å². The van der Waals surface area contributed by atoms with Crippen molar-refractivity contribution in [2.45, 2.75) is 24.2 Å². The van der Waals surface area contributed by atoms with Gasteiger partial charge in [-0.25, -0.2) is 8.42 Å². The second kappa shape index (κ2) is 11.5. The quantitative estimate of drug-likeness (QED) is 0.442. The molecule has 0 aromatic heterocycles. The first-order valence-electron chi connectivity index (χ1n) is 11.9. The van der Waals surface area contributed by atoms with Gasteiger partial charge in [0.15, 0.2) is 0 Å². The number of carbonyl (C=O) groups is 1. The predicted octanol–water partition coefficient (Wildman–Crippen LogP) is 4.46. The number of nitrogens with zero attached hydrogens (tertiary/aromatic N) is 1. The van der Waals surface area contributed by atoms with Crippen LogP contribution in [-0.4, -0.2) is 47.7 Å². The molecule has 3 aromatic rings. The monoisotopic (exact) mass is 509 g/mol. The van der Waals surface area contributed by atoms with E-state index in [2.05, 4.69) is 10.0 Å². The minimum absolute atomic E-state index is 0.0702. The van der Waals surface area contributed by atoms with E-state index in [-0.39, 0.29) is 16.7 Å². The Balaban J connectivity index is 1.68. The maximum absolute atomic E-state index is 13.6. The van der Waals surface area contributed by atoms with E-state index in [1.54, 1.807) is 36.4 Å². The molecule has 1 aliphatic rings. The van der Waals surface area contributed by atoms with E-state index in [0.717, 1.165) is 5.56 Å². The summed E-state index contributed by atoms with van der Waals surface area (Å²) in [6.07, 6.45) is 0.613. The molecule has 3 aromatic carbocycles. The lowest BCUT2D eigenvalue weighted by atomic mass is 9.95. The maximum atomic E-state index is 13.6. The van der Waals surface area contributed by atoms with Gasteiger partial charge in [-0.2, -0.15) is 0 Å². The number of anilines is 3. The lowest BCUT2D eigenvalue weighted by molar-refractivity contribution is -0.117. The van der Waals surface area contributed by atoms with E-state index in [1.165, 1.54) is 13.2 Å². The van der Waals surface area contributed by atoms with Crippen molar-refractivity contribution in [3.05, 3.63) is 78.4 Å². The van der Waals surface area contributed by atoms with Crippen LogP contribution in [0.4, 0.5) is 17.1 Å². The summed E-state index contributed by atoms with van der Waals surface area (Å²) in [4.78, 5) is 15.2. The molecule has 1 heterocycles. The summed E-state index contributed by atoms with van der Waals surface area (Å²) in [5.74, 6) is -0.132. The van der Waals surface area contributed by atoms with Crippen molar-refractivity contribution in [1.29, 1.82) is 0 Å². The Hall–Kier alpha value is -3.56. The molecular weight excluding hydrogens is 478 g/mol. The number of ether oxygens (including phenoxy) is 2. The van der Waals surface area contributed by atoms with Gasteiger partial charge in [-0.15, -0.1) is 0 Å². The largest absolute Gasteiger partial charge is 0.495 e. The Bertz CT molecular complexity index is 1290. The van der Waals surface area contributed by atoms with Crippen LogP contribution < -0.4 is 19.7 Å². The highest BCUT2D eigenvalue weighted by Crippen LogP contribution is 2.33. The molecule has 2 N–H and O–H groups in total. The van der Waals surface area contributed by atoms with Crippen molar-refractivity contribution in [3.8, 4) is 5.75 Å². The summed E-state index contributed by atoms with van der Waals surface area (Å²) in [6.45, 7) is 4.09. The van der Waals surface area contributed by atoms with Gasteiger partial charge in [-0.3, -0.25) is 9.52 Å². The molecule has 36 heavy (non-hydrogen) atoms. The number of methoxy groups -OCH3 is 1. The molecule has 1 aliphatic heterocycles. The Morgan fingerprint density at radius 3 is 2.42 bits per heavy atom. The van der Waals surface area contributed by atoms with Crippen molar-refractivity contribution in [3.63, 3.8) is 0 Å². The van der Waals surface area contributed by atoms with E-state index in [0.29, 0.717) is 55.5 Å². The Labute approximate surface area is 212 Å². The molecule has 1 saturated heterocycles. The van der Waals surface area contributed by atoms with Gasteiger partial charge >= 0.3 is 0 Å². The van der Waals surface area contributed by atoms with Gasteiger partial charge < -0.3 is 19.7 Å². The molecule has 1 atom stereocenters. The molecule has 0 saturated carbocycles. The molecule has 9 heteroatoms. The number of nitrogens with one attached hydrogen (secondary N) is 2. The first kappa shape index (κ1) is 25.5. The lowest BCUT2D eigenvalue weighted by Gasteiger charge is -2.30. The molecule has 0 radical (unpaired) electrons. The number of carbonyl (C=O) groups excluding carboxylic acids is 1. The summed E-state index contributed by atoms with van der Waals surface area (Å²) < 4.78 is 40.7. The topological polar surface area (TPSA) is 97.0 Å². The zero-order valence-electron chi connectivity index (χ0n) is 20.4. The number of hydrogen-bond donors (Lipinski definition) is 2. The van der Waals surface area contributed by atoms with E-state index >= 15 is 0 Å². The van der Waals surface area contributed by atoms with Crippen LogP contribution in [-0.2, 0) is 19.6 Å². The number of rotatable bonds is 9. The van der Waals surface area contributed by atoms with Crippen molar-refractivity contribution in [1.82, 2.24) is 0 Å². The Morgan fingerprint density at radius 2 is 1.72 bits per heavy atom. The van der Waals surface area contributed by atoms with Crippen LogP contribution in [0.25, 0.3) is 0 Å². The second-order valence-electron chi connectivity index (χ2n) is 8.45. The van der Waals surface area contributed by atoms with Crippen molar-refractivity contribution < 1.29 is 22.7 Å². The minimum Gasteiger partial charge on any atom is -0.495 e. The lowest BCUT2D eigenvalue weighted by Crippen LogP contribution is -2.37. The third-order valence-electron chi connectivity index (χ3n) is 6.15. The minimum atomic E-state index is -4.03. The van der Waals surface area contributed by atoms with Gasteiger partial charge in [0, 0.05) is 18.8 Å². The SMILES string of the molecule is CC[C@@H](C(=O)Nc1ccc(N2CCOCC2)c(S(=O)(=O)Nc2ccccc2OC)c1)c1ccccc1. The van der Waals surface area contributed by atoms with E-state index in [9.17, 15) is 13.2 Å². The number of hydrogen-bond acceptors (Lipinski definition) is 6. The van der Waals surface area contributed by atoms with Crippen molar-refractivity contribution >= 4 is 33.0 Å². The highest BCUT2D eigenvalue weighted by Gasteiger charge is 2.26. The van der Waals surface area contributed by atoms with Crippen LogP contribution in [0.2, 0.25) is 0 Å². The fraction of sp³-hybridized carbons (Fsp3) is 0.296. The summed E-state index contributed by atoms with van der Waals surface area (Å²) >= 11 is 0.